The van der Waals surface area contributed by atoms with Crippen molar-refractivity contribution < 1.29 is 23.7 Å². The van der Waals surface area contributed by atoms with Crippen LogP contribution in [-0.4, -0.2) is 26.7 Å². The van der Waals surface area contributed by atoms with Gasteiger partial charge in [0, 0.05) is 22.6 Å². The first kappa shape index (κ1) is 27.6. The van der Waals surface area contributed by atoms with Gasteiger partial charge in [-0.3, -0.25) is 4.79 Å². The van der Waals surface area contributed by atoms with Crippen molar-refractivity contribution in [1.29, 1.82) is 5.26 Å². The fourth-order valence-corrected chi connectivity index (χ4v) is 3.90. The van der Waals surface area contributed by atoms with Crippen molar-refractivity contribution in [3.05, 3.63) is 86.9 Å². The first-order chi connectivity index (χ1) is 17.9. The fraction of sp³-hybridized carbons (Fsp3) is 0.241. The molecule has 1 amide bonds. The van der Waals surface area contributed by atoms with E-state index in [-0.39, 0.29) is 12.1 Å². The smallest absolute Gasteiger partial charge is 0.262 e. The summed E-state index contributed by atoms with van der Waals surface area (Å²) in [5.74, 6) is 1.79. The lowest BCUT2D eigenvalue weighted by molar-refractivity contribution is -0.117. The van der Waals surface area contributed by atoms with Crippen LogP contribution in [0.2, 0.25) is 0 Å². The van der Waals surface area contributed by atoms with Crippen LogP contribution in [0.4, 0.5) is 0 Å². The number of amides is 1. The molecular formula is C29H29BrN2O5. The Morgan fingerprint density at radius 2 is 1.73 bits per heavy atom. The molecule has 7 nitrogen and oxygen atoms in total. The maximum atomic E-state index is 12.8. The molecule has 3 aromatic carbocycles. The molecule has 0 saturated carbocycles. The Hall–Kier alpha value is -3.96. The maximum absolute atomic E-state index is 12.8. The number of nitrogens with one attached hydrogen (secondary N) is 1. The summed E-state index contributed by atoms with van der Waals surface area (Å²) in [6.45, 7) is 4.90. The van der Waals surface area contributed by atoms with Gasteiger partial charge in [0.1, 0.15) is 29.7 Å². The fourth-order valence-electron chi connectivity index (χ4n) is 3.46. The summed E-state index contributed by atoms with van der Waals surface area (Å²) < 4.78 is 23.0. The Kier molecular flexibility index (Phi) is 9.99. The molecular weight excluding hydrogens is 536 g/mol. The normalized spacial score (nSPS) is 10.9. The summed E-state index contributed by atoms with van der Waals surface area (Å²) in [5.41, 5.74) is 3.52. The molecule has 3 aromatic rings. The average Bonchev–Trinajstić information content (AvgIpc) is 2.91. The Morgan fingerprint density at radius 1 is 1.00 bits per heavy atom. The van der Waals surface area contributed by atoms with Crippen LogP contribution in [0.25, 0.3) is 6.08 Å². The molecule has 0 unspecified atom stereocenters. The molecule has 0 fully saturated rings. The number of methoxy groups -OCH3 is 2. The molecule has 37 heavy (non-hydrogen) atoms. The van der Waals surface area contributed by atoms with Gasteiger partial charge in [-0.15, -0.1) is 0 Å². The van der Waals surface area contributed by atoms with Crippen molar-refractivity contribution >= 4 is 27.9 Å². The van der Waals surface area contributed by atoms with Crippen molar-refractivity contribution in [3.8, 4) is 29.1 Å². The second kappa shape index (κ2) is 13.4. The van der Waals surface area contributed by atoms with E-state index in [1.54, 1.807) is 44.6 Å². The highest BCUT2D eigenvalue weighted by Gasteiger charge is 2.15. The minimum Gasteiger partial charge on any atom is -0.497 e. The summed E-state index contributed by atoms with van der Waals surface area (Å²) in [5, 5.41) is 12.5. The molecule has 1 N–H and O–H groups in total. The molecule has 0 radical (unpaired) electrons. The van der Waals surface area contributed by atoms with Crippen LogP contribution >= 0.6 is 15.9 Å². The number of carbonyl (C=O) groups is 1. The van der Waals surface area contributed by atoms with E-state index < -0.39 is 5.91 Å². The number of hydrogen-bond donors (Lipinski definition) is 1. The van der Waals surface area contributed by atoms with Crippen LogP contribution in [-0.2, 0) is 17.9 Å². The average molecular weight is 565 g/mol. The van der Waals surface area contributed by atoms with Gasteiger partial charge in [0.25, 0.3) is 5.91 Å². The molecule has 0 aliphatic carbocycles. The number of nitriles is 1. The summed E-state index contributed by atoms with van der Waals surface area (Å²) in [4.78, 5) is 12.8. The molecule has 192 valence electrons. The monoisotopic (exact) mass is 564 g/mol. The van der Waals surface area contributed by atoms with Crippen molar-refractivity contribution in [2.75, 3.05) is 20.8 Å². The number of benzene rings is 3. The molecule has 8 heteroatoms. The molecule has 0 spiro atoms. The van der Waals surface area contributed by atoms with E-state index in [1.165, 1.54) is 11.6 Å². The Balaban J connectivity index is 1.78. The largest absolute Gasteiger partial charge is 0.497 e. The van der Waals surface area contributed by atoms with E-state index in [1.807, 2.05) is 44.2 Å². The second-order valence-electron chi connectivity index (χ2n) is 8.06. The van der Waals surface area contributed by atoms with Gasteiger partial charge in [0.2, 0.25) is 0 Å². The van der Waals surface area contributed by atoms with Gasteiger partial charge in [0.15, 0.2) is 11.5 Å². The molecule has 3 rings (SSSR count). The zero-order chi connectivity index (χ0) is 26.8. The molecule has 0 bridgehead atoms. The number of carbonyl (C=O) groups excluding carboxylic acids is 1. The molecule has 0 atom stereocenters. The van der Waals surface area contributed by atoms with E-state index in [0.717, 1.165) is 11.1 Å². The zero-order valence-corrected chi connectivity index (χ0v) is 22.8. The Bertz CT molecular complexity index is 1310. The van der Waals surface area contributed by atoms with Gasteiger partial charge in [-0.25, -0.2) is 0 Å². The Labute approximate surface area is 225 Å². The van der Waals surface area contributed by atoms with Crippen molar-refractivity contribution in [1.82, 2.24) is 5.32 Å². The molecule has 0 aromatic heterocycles. The van der Waals surface area contributed by atoms with Gasteiger partial charge < -0.3 is 24.3 Å². The maximum Gasteiger partial charge on any atom is 0.262 e. The molecule has 0 aliphatic heterocycles. The predicted octanol–water partition coefficient (Wildman–Crippen LogP) is 5.98. The van der Waals surface area contributed by atoms with Crippen LogP contribution in [0, 0.1) is 18.3 Å². The van der Waals surface area contributed by atoms with E-state index in [2.05, 4.69) is 21.2 Å². The number of aryl methyl sites for hydroxylation is 1. The number of rotatable bonds is 11. The van der Waals surface area contributed by atoms with E-state index in [9.17, 15) is 10.1 Å². The van der Waals surface area contributed by atoms with Gasteiger partial charge in [0.05, 0.1) is 20.8 Å². The van der Waals surface area contributed by atoms with Crippen molar-refractivity contribution in [2.45, 2.75) is 27.0 Å². The first-order valence-corrected chi connectivity index (χ1v) is 12.4. The highest BCUT2D eigenvalue weighted by molar-refractivity contribution is 9.10. The lowest BCUT2D eigenvalue weighted by atomic mass is 10.1. The minimum absolute atomic E-state index is 0.0519. The summed E-state index contributed by atoms with van der Waals surface area (Å²) >= 11 is 3.53. The van der Waals surface area contributed by atoms with Crippen LogP contribution < -0.4 is 24.3 Å². The third-order valence-electron chi connectivity index (χ3n) is 5.48. The Morgan fingerprint density at radius 3 is 2.38 bits per heavy atom. The highest BCUT2D eigenvalue weighted by Crippen LogP contribution is 2.35. The number of hydrogen-bond acceptors (Lipinski definition) is 6. The van der Waals surface area contributed by atoms with E-state index in [0.29, 0.717) is 46.2 Å². The third-order valence-corrected chi connectivity index (χ3v) is 6.16. The summed E-state index contributed by atoms with van der Waals surface area (Å²) in [6, 6.07) is 18.9. The van der Waals surface area contributed by atoms with Gasteiger partial charge in [-0.1, -0.05) is 45.8 Å². The number of halogens is 1. The lowest BCUT2D eigenvalue weighted by Crippen LogP contribution is -2.24. The van der Waals surface area contributed by atoms with Gasteiger partial charge in [-0.2, -0.15) is 5.26 Å². The second-order valence-corrected chi connectivity index (χ2v) is 8.91. The van der Waals surface area contributed by atoms with Crippen LogP contribution in [0.1, 0.15) is 29.2 Å². The highest BCUT2D eigenvalue weighted by atomic mass is 79.9. The molecule has 0 saturated heterocycles. The van der Waals surface area contributed by atoms with Gasteiger partial charge in [-0.05, 0) is 55.3 Å². The van der Waals surface area contributed by atoms with Crippen LogP contribution in [0.5, 0.6) is 23.0 Å². The lowest BCUT2D eigenvalue weighted by Gasteiger charge is -2.14. The molecule has 0 aliphatic rings. The third kappa shape index (κ3) is 7.51. The van der Waals surface area contributed by atoms with E-state index in [4.69, 9.17) is 18.9 Å². The van der Waals surface area contributed by atoms with Crippen LogP contribution in [0.3, 0.4) is 0 Å². The molecule has 0 heterocycles. The number of nitrogens with zero attached hydrogens (tertiary/aromatic N) is 1. The summed E-state index contributed by atoms with van der Waals surface area (Å²) in [6.07, 6.45) is 1.51. The zero-order valence-electron chi connectivity index (χ0n) is 21.3. The summed E-state index contributed by atoms with van der Waals surface area (Å²) in [7, 11) is 3.11. The predicted molar refractivity (Wildman–Crippen MR) is 146 cm³/mol. The van der Waals surface area contributed by atoms with Crippen molar-refractivity contribution in [3.63, 3.8) is 0 Å². The number of ether oxygens (including phenoxy) is 4. The minimum atomic E-state index is -0.509. The van der Waals surface area contributed by atoms with Crippen LogP contribution in [0.15, 0.2) is 64.6 Å². The topological polar surface area (TPSA) is 89.8 Å². The first-order valence-electron chi connectivity index (χ1n) is 11.6. The quantitative estimate of drug-likeness (QED) is 0.228. The SMILES string of the molecule is CCOc1cc(/C=C(\C#N)C(=O)NCc2ccc(OC)cc2OC)c(Br)cc1OCc1ccc(C)cc1. The van der Waals surface area contributed by atoms with Gasteiger partial charge >= 0.3 is 0 Å². The van der Waals surface area contributed by atoms with E-state index >= 15 is 0 Å². The standard InChI is InChI=1S/C29H29BrN2O5/c1-5-36-27-13-22(25(30)15-28(27)37-18-20-8-6-19(2)7-9-20)12-23(16-31)29(33)32-17-21-10-11-24(34-3)14-26(21)35-4/h6-15H,5,17-18H2,1-4H3,(H,32,33)/b23-12+. The van der Waals surface area contributed by atoms with Crippen molar-refractivity contribution in [2.24, 2.45) is 0 Å².